The van der Waals surface area contributed by atoms with Gasteiger partial charge in [0.05, 0.1) is 12.2 Å². The average Bonchev–Trinajstić information content (AvgIpc) is 2.84. The Balaban J connectivity index is 2.05. The first-order valence-electron chi connectivity index (χ1n) is 6.02. The Morgan fingerprint density at radius 3 is 2.65 bits per heavy atom. The fourth-order valence-electron chi connectivity index (χ4n) is 1.62. The Bertz CT molecular complexity index is 664. The molecule has 0 spiro atoms. The van der Waals surface area contributed by atoms with Crippen molar-refractivity contribution in [2.45, 2.75) is 25.0 Å². The number of sulfonamides is 1. The standard InChI is InChI=1S/C12H16N4O3S/c1-9-5-11(16-19-9)8-15-20(17,18)12-4-3-10(6-13-2)7-14-12/h3-5,7,13,15H,6,8H2,1-2H3. The van der Waals surface area contributed by atoms with Gasteiger partial charge in [-0.1, -0.05) is 11.2 Å². The van der Waals surface area contributed by atoms with Crippen LogP contribution in [0.25, 0.3) is 0 Å². The number of pyridine rings is 1. The minimum Gasteiger partial charge on any atom is -0.361 e. The number of hydrogen-bond donors (Lipinski definition) is 2. The second-order valence-electron chi connectivity index (χ2n) is 4.29. The molecule has 0 bridgehead atoms. The monoisotopic (exact) mass is 296 g/mol. The minimum atomic E-state index is -3.64. The van der Waals surface area contributed by atoms with Crippen LogP contribution in [0.5, 0.6) is 0 Å². The normalized spacial score (nSPS) is 11.7. The lowest BCUT2D eigenvalue weighted by Gasteiger charge is -2.05. The van der Waals surface area contributed by atoms with Crippen molar-refractivity contribution >= 4 is 10.0 Å². The van der Waals surface area contributed by atoms with Crippen molar-refractivity contribution in [3.05, 3.63) is 41.4 Å². The van der Waals surface area contributed by atoms with E-state index in [0.717, 1.165) is 5.56 Å². The molecule has 7 nitrogen and oxygen atoms in total. The Hall–Kier alpha value is -1.77. The van der Waals surface area contributed by atoms with Gasteiger partial charge in [-0.3, -0.25) is 0 Å². The van der Waals surface area contributed by atoms with Crippen molar-refractivity contribution < 1.29 is 12.9 Å². The molecule has 2 N–H and O–H groups in total. The van der Waals surface area contributed by atoms with Crippen LogP contribution in [-0.4, -0.2) is 25.6 Å². The van der Waals surface area contributed by atoms with Gasteiger partial charge in [0.1, 0.15) is 5.76 Å². The van der Waals surface area contributed by atoms with Crippen molar-refractivity contribution in [2.75, 3.05) is 7.05 Å². The predicted molar refractivity (Wildman–Crippen MR) is 72.3 cm³/mol. The number of aryl methyl sites for hydroxylation is 1. The summed E-state index contributed by atoms with van der Waals surface area (Å²) in [5.41, 5.74) is 1.44. The van der Waals surface area contributed by atoms with E-state index in [1.807, 2.05) is 7.05 Å². The highest BCUT2D eigenvalue weighted by Crippen LogP contribution is 2.08. The van der Waals surface area contributed by atoms with Gasteiger partial charge >= 0.3 is 0 Å². The molecule has 2 aromatic rings. The summed E-state index contributed by atoms with van der Waals surface area (Å²) in [7, 11) is -1.83. The fourth-order valence-corrected chi connectivity index (χ4v) is 2.55. The molecule has 8 heteroatoms. The summed E-state index contributed by atoms with van der Waals surface area (Å²) in [6, 6.07) is 4.87. The molecule has 0 saturated heterocycles. The quantitative estimate of drug-likeness (QED) is 0.809. The van der Waals surface area contributed by atoms with Crippen molar-refractivity contribution in [3.8, 4) is 0 Å². The third-order valence-corrected chi connectivity index (χ3v) is 3.89. The third kappa shape index (κ3) is 3.62. The van der Waals surface area contributed by atoms with E-state index >= 15 is 0 Å². The van der Waals surface area contributed by atoms with Gasteiger partial charge in [0.25, 0.3) is 10.0 Å². The van der Waals surface area contributed by atoms with Crippen LogP contribution in [0.15, 0.2) is 33.9 Å². The first-order valence-corrected chi connectivity index (χ1v) is 7.51. The average molecular weight is 296 g/mol. The van der Waals surface area contributed by atoms with E-state index in [1.165, 1.54) is 12.3 Å². The van der Waals surface area contributed by atoms with E-state index < -0.39 is 10.0 Å². The van der Waals surface area contributed by atoms with E-state index in [2.05, 4.69) is 20.2 Å². The minimum absolute atomic E-state index is 0.0161. The summed E-state index contributed by atoms with van der Waals surface area (Å²) in [5, 5.41) is 6.67. The second kappa shape index (κ2) is 6.12. The number of aromatic nitrogens is 2. The van der Waals surface area contributed by atoms with Crippen LogP contribution >= 0.6 is 0 Å². The lowest BCUT2D eigenvalue weighted by atomic mass is 10.3. The Morgan fingerprint density at radius 1 is 1.30 bits per heavy atom. The molecule has 0 aromatic carbocycles. The van der Waals surface area contributed by atoms with Gasteiger partial charge < -0.3 is 9.84 Å². The Kier molecular flexibility index (Phi) is 4.48. The number of rotatable bonds is 6. The highest BCUT2D eigenvalue weighted by Gasteiger charge is 2.16. The van der Waals surface area contributed by atoms with E-state index in [-0.39, 0.29) is 11.6 Å². The zero-order valence-electron chi connectivity index (χ0n) is 11.3. The molecule has 2 rings (SSSR count). The molecule has 0 atom stereocenters. The Labute approximate surface area is 117 Å². The molecular weight excluding hydrogens is 280 g/mol. The van der Waals surface area contributed by atoms with Crippen LogP contribution in [0, 0.1) is 6.92 Å². The lowest BCUT2D eigenvalue weighted by molar-refractivity contribution is 0.390. The molecule has 20 heavy (non-hydrogen) atoms. The van der Waals surface area contributed by atoms with Gasteiger partial charge in [-0.25, -0.2) is 18.1 Å². The van der Waals surface area contributed by atoms with E-state index in [4.69, 9.17) is 4.52 Å². The summed E-state index contributed by atoms with van der Waals surface area (Å²) in [4.78, 5) is 3.95. The van der Waals surface area contributed by atoms with Gasteiger partial charge in [0, 0.05) is 18.8 Å². The molecule has 0 aliphatic heterocycles. The van der Waals surface area contributed by atoms with Crippen LogP contribution < -0.4 is 10.0 Å². The van der Waals surface area contributed by atoms with E-state index in [0.29, 0.717) is 18.0 Å². The highest BCUT2D eigenvalue weighted by atomic mass is 32.2. The highest BCUT2D eigenvalue weighted by molar-refractivity contribution is 7.89. The van der Waals surface area contributed by atoms with Gasteiger partial charge in [-0.2, -0.15) is 0 Å². The molecule has 0 radical (unpaired) electrons. The van der Waals surface area contributed by atoms with Crippen LogP contribution in [0.2, 0.25) is 0 Å². The summed E-state index contributed by atoms with van der Waals surface area (Å²) in [6.07, 6.45) is 1.53. The summed E-state index contributed by atoms with van der Waals surface area (Å²) in [5.74, 6) is 0.633. The molecule has 0 aliphatic rings. The SMILES string of the molecule is CNCc1ccc(S(=O)(=O)NCc2cc(C)on2)nc1. The molecule has 0 unspecified atom stereocenters. The maximum absolute atomic E-state index is 12.0. The zero-order valence-corrected chi connectivity index (χ0v) is 12.1. The van der Waals surface area contributed by atoms with Crippen molar-refractivity contribution in [1.29, 1.82) is 0 Å². The maximum atomic E-state index is 12.0. The van der Waals surface area contributed by atoms with Crippen LogP contribution in [0.1, 0.15) is 17.0 Å². The van der Waals surface area contributed by atoms with Gasteiger partial charge in [0.2, 0.25) is 0 Å². The van der Waals surface area contributed by atoms with Crippen LogP contribution in [0.3, 0.4) is 0 Å². The van der Waals surface area contributed by atoms with E-state index in [1.54, 1.807) is 19.1 Å². The molecule has 2 aromatic heterocycles. The number of nitrogens with one attached hydrogen (secondary N) is 2. The lowest BCUT2D eigenvalue weighted by Crippen LogP contribution is -2.24. The van der Waals surface area contributed by atoms with Crippen molar-refractivity contribution in [2.24, 2.45) is 0 Å². The first-order chi connectivity index (χ1) is 9.51. The number of nitrogens with zero attached hydrogens (tertiary/aromatic N) is 2. The largest absolute Gasteiger partial charge is 0.361 e. The summed E-state index contributed by atoms with van der Waals surface area (Å²) >= 11 is 0. The second-order valence-corrected chi connectivity index (χ2v) is 6.00. The van der Waals surface area contributed by atoms with Gasteiger partial charge in [0.15, 0.2) is 5.03 Å². The van der Waals surface area contributed by atoms with Crippen LogP contribution in [-0.2, 0) is 23.1 Å². The summed E-state index contributed by atoms with van der Waals surface area (Å²) < 4.78 is 31.4. The zero-order chi connectivity index (χ0) is 14.6. The molecule has 2 heterocycles. The molecule has 0 saturated carbocycles. The van der Waals surface area contributed by atoms with Crippen molar-refractivity contribution in [1.82, 2.24) is 20.2 Å². The molecular formula is C12H16N4O3S. The smallest absolute Gasteiger partial charge is 0.258 e. The maximum Gasteiger partial charge on any atom is 0.258 e. The number of hydrogen-bond acceptors (Lipinski definition) is 6. The third-order valence-electron chi connectivity index (χ3n) is 2.57. The summed E-state index contributed by atoms with van der Waals surface area (Å²) in [6.45, 7) is 2.45. The topological polar surface area (TPSA) is 97.1 Å². The molecule has 108 valence electrons. The first kappa shape index (κ1) is 14.6. The molecule has 0 aliphatic carbocycles. The van der Waals surface area contributed by atoms with Gasteiger partial charge in [-0.05, 0) is 25.6 Å². The fraction of sp³-hybridized carbons (Fsp3) is 0.333. The molecule has 0 amide bonds. The van der Waals surface area contributed by atoms with Crippen molar-refractivity contribution in [3.63, 3.8) is 0 Å². The Morgan fingerprint density at radius 2 is 2.10 bits per heavy atom. The molecule has 0 fully saturated rings. The van der Waals surface area contributed by atoms with Gasteiger partial charge in [-0.15, -0.1) is 0 Å². The van der Waals surface area contributed by atoms with Crippen LogP contribution in [0.4, 0.5) is 0 Å². The van der Waals surface area contributed by atoms with E-state index in [9.17, 15) is 8.42 Å². The predicted octanol–water partition coefficient (Wildman–Crippen LogP) is 0.576.